The van der Waals surface area contributed by atoms with Crippen LogP contribution in [0.15, 0.2) is 67.1 Å². The molecule has 7 heteroatoms. The van der Waals surface area contributed by atoms with E-state index in [1.54, 1.807) is 18.6 Å². The summed E-state index contributed by atoms with van der Waals surface area (Å²) < 4.78 is 6.32. The van der Waals surface area contributed by atoms with Gasteiger partial charge in [-0.1, -0.05) is 29.8 Å². The van der Waals surface area contributed by atoms with Gasteiger partial charge in [-0.05, 0) is 56.3 Å². The summed E-state index contributed by atoms with van der Waals surface area (Å²) in [4.78, 5) is 21.5. The van der Waals surface area contributed by atoms with Crippen LogP contribution in [0.5, 0.6) is 5.88 Å². The van der Waals surface area contributed by atoms with Gasteiger partial charge in [0.2, 0.25) is 5.88 Å². The molecule has 4 aromatic rings. The Morgan fingerprint density at radius 1 is 1.03 bits per heavy atom. The molecule has 1 aliphatic heterocycles. The van der Waals surface area contributed by atoms with Crippen molar-refractivity contribution in [1.82, 2.24) is 24.9 Å². The number of nitrogens with zero attached hydrogens (tertiary/aromatic N) is 5. The van der Waals surface area contributed by atoms with Crippen LogP contribution in [0, 0.1) is 6.92 Å². The van der Waals surface area contributed by atoms with Gasteiger partial charge in [-0.3, -0.25) is 4.79 Å². The van der Waals surface area contributed by atoms with Crippen molar-refractivity contribution in [2.75, 3.05) is 6.54 Å². The Hall–Kier alpha value is -3.74. The molecule has 0 spiro atoms. The van der Waals surface area contributed by atoms with Crippen molar-refractivity contribution in [1.29, 1.82) is 0 Å². The highest BCUT2D eigenvalue weighted by atomic mass is 16.5. The van der Waals surface area contributed by atoms with Crippen LogP contribution >= 0.6 is 0 Å². The molecule has 0 bridgehead atoms. The number of rotatable bonds is 4. The third-order valence-electron chi connectivity index (χ3n) is 6.03. The predicted molar refractivity (Wildman–Crippen MR) is 122 cm³/mol. The Morgan fingerprint density at radius 2 is 1.84 bits per heavy atom. The van der Waals surface area contributed by atoms with Gasteiger partial charge in [0.25, 0.3) is 5.91 Å². The lowest BCUT2D eigenvalue weighted by Gasteiger charge is -2.38. The van der Waals surface area contributed by atoms with Gasteiger partial charge in [0.15, 0.2) is 0 Å². The van der Waals surface area contributed by atoms with E-state index < -0.39 is 0 Å². The first kappa shape index (κ1) is 20.2. The zero-order valence-electron chi connectivity index (χ0n) is 18.2. The van der Waals surface area contributed by atoms with Crippen molar-refractivity contribution in [3.8, 4) is 11.6 Å². The molecule has 1 amide bonds. The quantitative estimate of drug-likeness (QED) is 0.488. The summed E-state index contributed by atoms with van der Waals surface area (Å²) in [5, 5.41) is 10.5. The minimum absolute atomic E-state index is 0.0346. The van der Waals surface area contributed by atoms with Gasteiger partial charge in [-0.25, -0.2) is 4.98 Å². The van der Waals surface area contributed by atoms with Crippen molar-refractivity contribution in [2.24, 2.45) is 0 Å². The molecule has 2 aromatic heterocycles. The number of aromatic nitrogens is 4. The summed E-state index contributed by atoms with van der Waals surface area (Å²) in [6, 6.07) is 15.9. The Morgan fingerprint density at radius 3 is 2.69 bits per heavy atom. The second kappa shape index (κ2) is 8.42. The lowest BCUT2D eigenvalue weighted by molar-refractivity contribution is 0.0377. The molecule has 2 atom stereocenters. The number of piperidine rings is 1. The summed E-state index contributed by atoms with van der Waals surface area (Å²) in [7, 11) is 0. The second-order valence-corrected chi connectivity index (χ2v) is 8.30. The largest absolute Gasteiger partial charge is 0.472 e. The molecule has 0 radical (unpaired) electrons. The monoisotopic (exact) mass is 427 g/mol. The van der Waals surface area contributed by atoms with E-state index in [0.717, 1.165) is 29.2 Å². The van der Waals surface area contributed by atoms with Gasteiger partial charge < -0.3 is 9.64 Å². The molecule has 32 heavy (non-hydrogen) atoms. The van der Waals surface area contributed by atoms with E-state index in [0.29, 0.717) is 23.7 Å². The van der Waals surface area contributed by atoms with Crippen LogP contribution in [0.3, 0.4) is 0 Å². The molecule has 1 fully saturated rings. The van der Waals surface area contributed by atoms with Gasteiger partial charge in [0, 0.05) is 17.6 Å². The summed E-state index contributed by atoms with van der Waals surface area (Å²) in [5.41, 5.74) is 2.29. The number of hydrogen-bond acceptors (Lipinski definition) is 5. The summed E-state index contributed by atoms with van der Waals surface area (Å²) in [6.07, 6.45) is 6.60. The van der Waals surface area contributed by atoms with Gasteiger partial charge in [-0.2, -0.15) is 15.0 Å². The minimum atomic E-state index is -0.121. The highest BCUT2D eigenvalue weighted by Crippen LogP contribution is 2.28. The van der Waals surface area contributed by atoms with E-state index in [1.165, 1.54) is 4.80 Å². The number of pyridine rings is 1. The molecule has 1 saturated heterocycles. The Bertz CT molecular complexity index is 1250. The van der Waals surface area contributed by atoms with Gasteiger partial charge >= 0.3 is 0 Å². The fraction of sp³-hybridized carbons (Fsp3) is 0.280. The zero-order chi connectivity index (χ0) is 22.1. The number of carbonyl (C=O) groups is 1. The first-order valence-electron chi connectivity index (χ1n) is 10.9. The number of likely N-dealkylation sites (tertiary alicyclic amines) is 1. The van der Waals surface area contributed by atoms with E-state index in [2.05, 4.69) is 22.1 Å². The van der Waals surface area contributed by atoms with Crippen LogP contribution in [0.2, 0.25) is 0 Å². The van der Waals surface area contributed by atoms with Crippen molar-refractivity contribution < 1.29 is 9.53 Å². The van der Waals surface area contributed by atoms with Crippen LogP contribution < -0.4 is 4.74 Å². The van der Waals surface area contributed by atoms with Crippen molar-refractivity contribution in [3.63, 3.8) is 0 Å². The molecule has 0 unspecified atom stereocenters. The van der Waals surface area contributed by atoms with E-state index in [-0.39, 0.29) is 18.1 Å². The second-order valence-electron chi connectivity index (χ2n) is 8.30. The van der Waals surface area contributed by atoms with Crippen molar-refractivity contribution >= 4 is 16.7 Å². The number of benzene rings is 2. The van der Waals surface area contributed by atoms with Crippen LogP contribution in [0.1, 0.15) is 35.7 Å². The third kappa shape index (κ3) is 3.82. The molecular formula is C25H25N5O2. The number of carbonyl (C=O) groups excluding carboxylic acids is 1. The van der Waals surface area contributed by atoms with E-state index >= 15 is 0 Å². The Labute approximate surface area is 186 Å². The number of fused-ring (bicyclic) bond motifs is 1. The van der Waals surface area contributed by atoms with Crippen LogP contribution in [-0.2, 0) is 0 Å². The van der Waals surface area contributed by atoms with Crippen LogP contribution in [0.4, 0.5) is 0 Å². The summed E-state index contributed by atoms with van der Waals surface area (Å²) in [6.45, 7) is 4.57. The molecule has 0 saturated carbocycles. The normalized spacial score (nSPS) is 18.6. The standard InChI is InChI=1S/C25H25N5O2/c1-17-7-10-23(30-27-13-14-28-30)22(15-17)25(31)29-16-20(9-8-18(29)2)32-24-21-6-4-3-5-19(21)11-12-26-24/h3-7,10-15,18,20H,8-9,16H2,1-2H3/t18-,20+/m1/s1. The molecule has 1 aliphatic rings. The average Bonchev–Trinajstić information content (AvgIpc) is 3.35. The van der Waals surface area contributed by atoms with Crippen LogP contribution in [0.25, 0.3) is 16.5 Å². The molecule has 2 aromatic carbocycles. The highest BCUT2D eigenvalue weighted by Gasteiger charge is 2.32. The third-order valence-corrected chi connectivity index (χ3v) is 6.03. The van der Waals surface area contributed by atoms with Gasteiger partial charge in [0.1, 0.15) is 6.10 Å². The lowest BCUT2D eigenvalue weighted by Crippen LogP contribution is -2.49. The predicted octanol–water partition coefficient (Wildman–Crippen LogP) is 4.20. The molecule has 3 heterocycles. The summed E-state index contributed by atoms with van der Waals surface area (Å²) >= 11 is 0. The molecule has 0 N–H and O–H groups in total. The molecule has 0 aliphatic carbocycles. The van der Waals surface area contributed by atoms with Crippen LogP contribution in [-0.4, -0.2) is 49.5 Å². The topological polar surface area (TPSA) is 73.1 Å². The first-order valence-corrected chi connectivity index (χ1v) is 10.9. The van der Waals surface area contributed by atoms with Crippen molar-refractivity contribution in [3.05, 3.63) is 78.2 Å². The Kier molecular flexibility index (Phi) is 5.31. The fourth-order valence-corrected chi connectivity index (χ4v) is 4.29. The van der Waals surface area contributed by atoms with E-state index in [9.17, 15) is 4.79 Å². The maximum absolute atomic E-state index is 13.7. The first-order chi connectivity index (χ1) is 15.6. The SMILES string of the molecule is Cc1ccc(-n2nccn2)c(C(=O)N2C[C@@H](Oc3nccc4ccccc34)CC[C@H]2C)c1. The highest BCUT2D eigenvalue weighted by molar-refractivity contribution is 5.98. The van der Waals surface area contributed by atoms with E-state index in [1.807, 2.05) is 60.4 Å². The summed E-state index contributed by atoms with van der Waals surface area (Å²) in [5.74, 6) is 0.583. The maximum Gasteiger partial charge on any atom is 0.256 e. The lowest BCUT2D eigenvalue weighted by atomic mass is 9.99. The number of hydrogen-bond donors (Lipinski definition) is 0. The number of amides is 1. The molecular weight excluding hydrogens is 402 g/mol. The number of ether oxygens (including phenoxy) is 1. The molecule has 162 valence electrons. The van der Waals surface area contributed by atoms with Gasteiger partial charge in [0.05, 0.1) is 30.2 Å². The van der Waals surface area contributed by atoms with Crippen molar-refractivity contribution in [2.45, 2.75) is 38.8 Å². The molecule has 5 rings (SSSR count). The smallest absolute Gasteiger partial charge is 0.256 e. The molecule has 7 nitrogen and oxygen atoms in total. The maximum atomic E-state index is 13.7. The minimum Gasteiger partial charge on any atom is -0.472 e. The number of aryl methyl sites for hydroxylation is 1. The Balaban J connectivity index is 1.42. The fourth-order valence-electron chi connectivity index (χ4n) is 4.29. The zero-order valence-corrected chi connectivity index (χ0v) is 18.2. The van der Waals surface area contributed by atoms with Gasteiger partial charge in [-0.15, -0.1) is 0 Å². The van der Waals surface area contributed by atoms with E-state index in [4.69, 9.17) is 4.74 Å². The average molecular weight is 428 g/mol.